The van der Waals surface area contributed by atoms with Gasteiger partial charge in [-0.05, 0) is 36.8 Å². The summed E-state index contributed by atoms with van der Waals surface area (Å²) in [6, 6.07) is 2.21. The van der Waals surface area contributed by atoms with Gasteiger partial charge in [0, 0.05) is 18.9 Å². The first-order valence-electron chi connectivity index (χ1n) is 8.40. The van der Waals surface area contributed by atoms with Gasteiger partial charge in [0.25, 0.3) is 0 Å². The predicted molar refractivity (Wildman–Crippen MR) is 83.8 cm³/mol. The maximum absolute atomic E-state index is 14.1. The molecule has 3 rings (SSSR count). The van der Waals surface area contributed by atoms with Crippen molar-refractivity contribution in [2.45, 2.75) is 50.4 Å². The lowest BCUT2D eigenvalue weighted by atomic mass is 9.72. The van der Waals surface area contributed by atoms with E-state index in [4.69, 9.17) is 14.2 Å². The zero-order chi connectivity index (χ0) is 17.4. The molecular weight excluding hydrogens is 318 g/mol. The predicted octanol–water partition coefficient (Wildman–Crippen LogP) is 3.20. The van der Waals surface area contributed by atoms with Crippen molar-refractivity contribution in [3.05, 3.63) is 29.3 Å². The first-order chi connectivity index (χ1) is 11.4. The summed E-state index contributed by atoms with van der Waals surface area (Å²) in [5.74, 6) is -1.98. The van der Waals surface area contributed by atoms with Crippen LogP contribution in [0.4, 0.5) is 8.78 Å². The fourth-order valence-electron chi connectivity index (χ4n) is 3.74. The fourth-order valence-corrected chi connectivity index (χ4v) is 3.74. The van der Waals surface area contributed by atoms with E-state index in [9.17, 15) is 13.9 Å². The van der Waals surface area contributed by atoms with Crippen molar-refractivity contribution < 1.29 is 28.1 Å². The maximum Gasteiger partial charge on any atom is 0.168 e. The van der Waals surface area contributed by atoms with Gasteiger partial charge in [0.05, 0.1) is 25.9 Å². The molecule has 0 aromatic heterocycles. The average molecular weight is 342 g/mol. The Morgan fingerprint density at radius 1 is 1.12 bits per heavy atom. The molecule has 0 amide bonds. The van der Waals surface area contributed by atoms with Crippen molar-refractivity contribution in [2.75, 3.05) is 20.3 Å². The fraction of sp³-hybridized carbons (Fsp3) is 0.667. The molecule has 2 fully saturated rings. The van der Waals surface area contributed by atoms with Crippen LogP contribution < -0.4 is 4.74 Å². The molecule has 134 valence electrons. The molecule has 2 aliphatic rings. The Hall–Kier alpha value is -1.24. The van der Waals surface area contributed by atoms with Crippen LogP contribution in [0.5, 0.6) is 5.75 Å². The molecule has 1 atom stereocenters. The van der Waals surface area contributed by atoms with Crippen molar-refractivity contribution in [2.24, 2.45) is 5.92 Å². The Morgan fingerprint density at radius 3 is 2.33 bits per heavy atom. The summed E-state index contributed by atoms with van der Waals surface area (Å²) in [6.07, 6.45) is 2.54. The molecule has 0 radical (unpaired) electrons. The monoisotopic (exact) mass is 342 g/mol. The summed E-state index contributed by atoms with van der Waals surface area (Å²) in [5, 5.41) is 11.0. The Morgan fingerprint density at radius 2 is 1.75 bits per heavy atom. The van der Waals surface area contributed by atoms with E-state index in [0.717, 1.165) is 12.1 Å². The Kier molecular flexibility index (Phi) is 4.82. The van der Waals surface area contributed by atoms with Gasteiger partial charge in [0.2, 0.25) is 0 Å². The second-order valence-corrected chi connectivity index (χ2v) is 6.89. The summed E-state index contributed by atoms with van der Waals surface area (Å²) < 4.78 is 44.1. The second-order valence-electron chi connectivity index (χ2n) is 6.89. The van der Waals surface area contributed by atoms with Gasteiger partial charge in [-0.15, -0.1) is 0 Å². The molecule has 1 aliphatic heterocycles. The minimum atomic E-state index is -0.927. The molecule has 1 heterocycles. The number of benzene rings is 1. The molecule has 1 aromatic carbocycles. The van der Waals surface area contributed by atoms with E-state index < -0.39 is 23.0 Å². The van der Waals surface area contributed by atoms with Crippen molar-refractivity contribution in [1.29, 1.82) is 0 Å². The highest BCUT2D eigenvalue weighted by Gasteiger charge is 2.47. The quantitative estimate of drug-likeness (QED) is 0.913. The van der Waals surface area contributed by atoms with E-state index in [1.54, 1.807) is 0 Å². The Balaban J connectivity index is 1.68. The lowest BCUT2D eigenvalue weighted by molar-refractivity contribution is -0.209. The van der Waals surface area contributed by atoms with Gasteiger partial charge in [0.15, 0.2) is 17.4 Å². The average Bonchev–Trinajstić information content (AvgIpc) is 3.02. The summed E-state index contributed by atoms with van der Waals surface area (Å²) in [7, 11) is 1.30. The maximum atomic E-state index is 14.1. The first-order valence-corrected chi connectivity index (χ1v) is 8.40. The van der Waals surface area contributed by atoms with E-state index in [1.165, 1.54) is 7.11 Å². The summed E-state index contributed by atoms with van der Waals surface area (Å²) in [4.78, 5) is 0. The highest BCUT2D eigenvalue weighted by atomic mass is 19.1. The van der Waals surface area contributed by atoms with Gasteiger partial charge in [-0.1, -0.05) is 6.92 Å². The smallest absolute Gasteiger partial charge is 0.168 e. The van der Waals surface area contributed by atoms with Crippen LogP contribution in [0.1, 0.15) is 38.2 Å². The van der Waals surface area contributed by atoms with Crippen LogP contribution >= 0.6 is 0 Å². The van der Waals surface area contributed by atoms with Gasteiger partial charge < -0.3 is 19.3 Å². The highest BCUT2D eigenvalue weighted by Crippen LogP contribution is 2.44. The van der Waals surface area contributed by atoms with Crippen LogP contribution in [-0.4, -0.2) is 36.8 Å². The third-order valence-electron chi connectivity index (χ3n) is 5.46. The third-order valence-corrected chi connectivity index (χ3v) is 5.46. The van der Waals surface area contributed by atoms with Gasteiger partial charge >= 0.3 is 0 Å². The molecule has 6 heteroatoms. The molecule has 1 saturated carbocycles. The molecule has 0 bridgehead atoms. The first kappa shape index (κ1) is 17.6. The number of ether oxygens (including phenoxy) is 3. The summed E-state index contributed by atoms with van der Waals surface area (Å²) >= 11 is 0. The van der Waals surface area contributed by atoms with Gasteiger partial charge in [0.1, 0.15) is 5.82 Å². The summed E-state index contributed by atoms with van der Waals surface area (Å²) in [6.45, 7) is 3.05. The second kappa shape index (κ2) is 6.58. The molecule has 1 saturated heterocycles. The van der Waals surface area contributed by atoms with Crippen LogP contribution in [0.2, 0.25) is 0 Å². The molecule has 1 spiro atoms. The molecule has 1 unspecified atom stereocenters. The third kappa shape index (κ3) is 3.27. The highest BCUT2D eigenvalue weighted by molar-refractivity contribution is 5.31. The van der Waals surface area contributed by atoms with Crippen molar-refractivity contribution in [3.63, 3.8) is 0 Å². The van der Waals surface area contributed by atoms with Crippen LogP contribution in [0.25, 0.3) is 0 Å². The van der Waals surface area contributed by atoms with E-state index >= 15 is 0 Å². The number of methoxy groups -OCH3 is 1. The lowest BCUT2D eigenvalue weighted by Gasteiger charge is -2.43. The molecule has 1 aromatic rings. The van der Waals surface area contributed by atoms with Gasteiger partial charge in [-0.2, -0.15) is 0 Å². The standard InChI is InChI=1S/C18H24F2O4/c1-12(9-13-10-15(20)16(22-2)11-14(13)19)17(21)3-5-18(6-4-17)23-7-8-24-18/h10-12,21H,3-9H2,1-2H3. The Bertz CT molecular complexity index is 589. The van der Waals surface area contributed by atoms with Crippen molar-refractivity contribution in [1.82, 2.24) is 0 Å². The number of halogens is 2. The number of rotatable bonds is 4. The van der Waals surface area contributed by atoms with E-state index in [2.05, 4.69) is 0 Å². The molecule has 4 nitrogen and oxygen atoms in total. The molecule has 1 N–H and O–H groups in total. The zero-order valence-corrected chi connectivity index (χ0v) is 14.1. The Labute approximate surface area is 140 Å². The molecule has 1 aliphatic carbocycles. The van der Waals surface area contributed by atoms with E-state index in [-0.39, 0.29) is 23.7 Å². The minimum Gasteiger partial charge on any atom is -0.494 e. The van der Waals surface area contributed by atoms with Crippen LogP contribution in [0, 0.1) is 17.6 Å². The minimum absolute atomic E-state index is 0.113. The van der Waals surface area contributed by atoms with E-state index in [1.807, 2.05) is 6.92 Å². The van der Waals surface area contributed by atoms with Crippen LogP contribution in [-0.2, 0) is 15.9 Å². The van der Waals surface area contributed by atoms with Gasteiger partial charge in [-0.3, -0.25) is 0 Å². The van der Waals surface area contributed by atoms with Gasteiger partial charge in [-0.25, -0.2) is 8.78 Å². The normalized spacial score (nSPS) is 23.4. The van der Waals surface area contributed by atoms with E-state index in [0.29, 0.717) is 38.9 Å². The topological polar surface area (TPSA) is 47.9 Å². The number of aliphatic hydroxyl groups is 1. The van der Waals surface area contributed by atoms with Crippen molar-refractivity contribution >= 4 is 0 Å². The molecular formula is C18H24F2O4. The zero-order valence-electron chi connectivity index (χ0n) is 14.1. The van der Waals surface area contributed by atoms with Crippen LogP contribution in [0.15, 0.2) is 12.1 Å². The lowest BCUT2D eigenvalue weighted by Crippen LogP contribution is -2.47. The number of hydrogen-bond donors (Lipinski definition) is 1. The number of hydrogen-bond acceptors (Lipinski definition) is 4. The largest absolute Gasteiger partial charge is 0.494 e. The SMILES string of the molecule is COc1cc(F)c(CC(C)C2(O)CCC3(CC2)OCCO3)cc1F. The summed E-state index contributed by atoms with van der Waals surface area (Å²) in [5.41, 5.74) is -0.675. The van der Waals surface area contributed by atoms with Crippen molar-refractivity contribution in [3.8, 4) is 5.75 Å². The van der Waals surface area contributed by atoms with Crippen LogP contribution in [0.3, 0.4) is 0 Å². The molecule has 24 heavy (non-hydrogen) atoms.